The van der Waals surface area contributed by atoms with Crippen molar-refractivity contribution in [3.63, 3.8) is 0 Å². The molecule has 0 aliphatic carbocycles. The summed E-state index contributed by atoms with van der Waals surface area (Å²) in [5.41, 5.74) is 1.07. The lowest BCUT2D eigenvalue weighted by Crippen LogP contribution is -1.99. The Bertz CT molecular complexity index is 707. The van der Waals surface area contributed by atoms with Crippen LogP contribution in [0.4, 0.5) is 6.01 Å². The molecule has 1 aromatic carbocycles. The van der Waals surface area contributed by atoms with Crippen LogP contribution in [0.3, 0.4) is 0 Å². The number of hydrogen-bond donors (Lipinski definition) is 1. The Kier molecular flexibility index (Phi) is 3.92. The number of benzene rings is 1. The van der Waals surface area contributed by atoms with Crippen molar-refractivity contribution in [2.24, 2.45) is 0 Å². The molecule has 3 rings (SSSR count). The molecule has 0 aliphatic heterocycles. The lowest BCUT2D eigenvalue weighted by atomic mass is 10.2. The molecule has 6 nitrogen and oxygen atoms in total. The highest BCUT2D eigenvalue weighted by Gasteiger charge is 2.11. The average Bonchev–Trinajstić information content (AvgIpc) is 3.15. The monoisotopic (exact) mass is 301 g/mol. The molecule has 108 valence electrons. The minimum Gasteiger partial charge on any atom is -0.331 e. The molecule has 0 aliphatic rings. The van der Waals surface area contributed by atoms with E-state index in [4.69, 9.17) is 4.52 Å². The Morgan fingerprint density at radius 2 is 2.00 bits per heavy atom. The highest BCUT2D eigenvalue weighted by atomic mass is 32.1. The quantitative estimate of drug-likeness (QED) is 0.779. The fourth-order valence-corrected chi connectivity index (χ4v) is 2.50. The van der Waals surface area contributed by atoms with Gasteiger partial charge in [0.2, 0.25) is 0 Å². The first-order valence-electron chi connectivity index (χ1n) is 6.67. The van der Waals surface area contributed by atoms with Crippen LogP contribution in [0.1, 0.15) is 30.6 Å². The predicted molar refractivity (Wildman–Crippen MR) is 81.1 cm³/mol. The van der Waals surface area contributed by atoms with Crippen molar-refractivity contribution in [2.75, 3.05) is 5.32 Å². The molecule has 0 saturated carbocycles. The fourth-order valence-electron chi connectivity index (χ4n) is 1.71. The van der Waals surface area contributed by atoms with E-state index in [1.165, 1.54) is 0 Å². The summed E-state index contributed by atoms with van der Waals surface area (Å²) >= 11 is 1.54. The van der Waals surface area contributed by atoms with Crippen LogP contribution in [0.25, 0.3) is 10.6 Å². The molecule has 0 amide bonds. The van der Waals surface area contributed by atoms with Gasteiger partial charge in [-0.3, -0.25) is 0 Å². The molecule has 0 saturated heterocycles. The standard InChI is InChI=1S/C14H15N5OS/c1-9(2)12-16-14(20-19-12)15-8-11-17-18-13(21-11)10-6-4-3-5-7-10/h3-7,9H,8H2,1-2H3,(H,15,16,19). The van der Waals surface area contributed by atoms with Crippen molar-refractivity contribution >= 4 is 17.4 Å². The summed E-state index contributed by atoms with van der Waals surface area (Å²) in [4.78, 5) is 4.26. The van der Waals surface area contributed by atoms with Crippen molar-refractivity contribution < 1.29 is 4.52 Å². The van der Waals surface area contributed by atoms with E-state index < -0.39 is 0 Å². The third kappa shape index (κ3) is 3.25. The van der Waals surface area contributed by atoms with Crippen molar-refractivity contribution in [1.82, 2.24) is 20.3 Å². The van der Waals surface area contributed by atoms with Crippen molar-refractivity contribution in [1.29, 1.82) is 0 Å². The van der Waals surface area contributed by atoms with Crippen LogP contribution >= 0.6 is 11.3 Å². The topological polar surface area (TPSA) is 76.7 Å². The van der Waals surface area contributed by atoms with Crippen LogP contribution in [-0.2, 0) is 6.54 Å². The van der Waals surface area contributed by atoms with E-state index in [0.717, 1.165) is 15.6 Å². The molecule has 3 aromatic rings. The van der Waals surface area contributed by atoms with Crippen LogP contribution in [0.2, 0.25) is 0 Å². The van der Waals surface area contributed by atoms with Gasteiger partial charge in [0, 0.05) is 11.5 Å². The van der Waals surface area contributed by atoms with E-state index in [1.807, 2.05) is 44.2 Å². The lowest BCUT2D eigenvalue weighted by molar-refractivity contribution is 0.419. The van der Waals surface area contributed by atoms with E-state index in [0.29, 0.717) is 18.4 Å². The number of rotatable bonds is 5. The van der Waals surface area contributed by atoms with E-state index >= 15 is 0 Å². The van der Waals surface area contributed by atoms with Crippen molar-refractivity contribution in [3.8, 4) is 10.6 Å². The predicted octanol–water partition coefficient (Wildman–Crippen LogP) is 3.32. The number of nitrogens with zero attached hydrogens (tertiary/aromatic N) is 4. The van der Waals surface area contributed by atoms with E-state index in [-0.39, 0.29) is 5.92 Å². The highest BCUT2D eigenvalue weighted by Crippen LogP contribution is 2.23. The zero-order chi connectivity index (χ0) is 14.7. The second kappa shape index (κ2) is 6.01. The van der Waals surface area contributed by atoms with Gasteiger partial charge in [0.25, 0.3) is 0 Å². The molecular formula is C14H15N5OS. The third-order valence-electron chi connectivity index (χ3n) is 2.84. The summed E-state index contributed by atoms with van der Waals surface area (Å²) in [5.74, 6) is 0.940. The van der Waals surface area contributed by atoms with Gasteiger partial charge in [-0.05, 0) is 0 Å². The Balaban J connectivity index is 1.65. The molecule has 1 N–H and O–H groups in total. The van der Waals surface area contributed by atoms with Crippen LogP contribution in [0, 0.1) is 0 Å². The number of aromatic nitrogens is 4. The van der Waals surface area contributed by atoms with Gasteiger partial charge in [-0.2, -0.15) is 4.98 Å². The molecule has 0 bridgehead atoms. The molecule has 21 heavy (non-hydrogen) atoms. The first kappa shape index (κ1) is 13.7. The van der Waals surface area contributed by atoms with Gasteiger partial charge in [-0.1, -0.05) is 60.7 Å². The summed E-state index contributed by atoms with van der Waals surface area (Å²) in [5, 5.41) is 17.1. The van der Waals surface area contributed by atoms with Gasteiger partial charge in [0.15, 0.2) is 5.82 Å². The third-order valence-corrected chi connectivity index (χ3v) is 3.81. The van der Waals surface area contributed by atoms with Gasteiger partial charge < -0.3 is 9.84 Å². The zero-order valence-electron chi connectivity index (χ0n) is 11.8. The number of nitrogens with one attached hydrogen (secondary N) is 1. The normalized spacial score (nSPS) is 11.0. The summed E-state index contributed by atoms with van der Waals surface area (Å²) in [7, 11) is 0. The summed E-state index contributed by atoms with van der Waals surface area (Å²) in [6.07, 6.45) is 0. The van der Waals surface area contributed by atoms with E-state index in [1.54, 1.807) is 11.3 Å². The maximum absolute atomic E-state index is 5.12. The number of anilines is 1. The van der Waals surface area contributed by atoms with Crippen LogP contribution in [-0.4, -0.2) is 20.3 Å². The molecule has 0 spiro atoms. The second-order valence-electron chi connectivity index (χ2n) is 4.83. The maximum atomic E-state index is 5.12. The smallest absolute Gasteiger partial charge is 0.321 e. The molecule has 2 heterocycles. The number of hydrogen-bond acceptors (Lipinski definition) is 7. The van der Waals surface area contributed by atoms with Crippen LogP contribution < -0.4 is 5.32 Å². The summed E-state index contributed by atoms with van der Waals surface area (Å²) in [6.45, 7) is 4.56. The Morgan fingerprint density at radius 3 is 2.71 bits per heavy atom. The SMILES string of the molecule is CC(C)c1noc(NCc2nnc(-c3ccccc3)s2)n1. The largest absolute Gasteiger partial charge is 0.331 e. The van der Waals surface area contributed by atoms with E-state index in [2.05, 4.69) is 25.7 Å². The fraction of sp³-hybridized carbons (Fsp3) is 0.286. The van der Waals surface area contributed by atoms with Gasteiger partial charge >= 0.3 is 6.01 Å². The zero-order valence-corrected chi connectivity index (χ0v) is 12.6. The molecule has 0 unspecified atom stereocenters. The summed E-state index contributed by atoms with van der Waals surface area (Å²) in [6, 6.07) is 10.4. The first-order valence-corrected chi connectivity index (χ1v) is 7.49. The van der Waals surface area contributed by atoms with Gasteiger partial charge in [-0.15, -0.1) is 10.2 Å². The van der Waals surface area contributed by atoms with Crippen molar-refractivity contribution in [2.45, 2.75) is 26.3 Å². The Morgan fingerprint density at radius 1 is 1.19 bits per heavy atom. The Hall–Kier alpha value is -2.28. The molecule has 7 heteroatoms. The lowest BCUT2D eigenvalue weighted by Gasteiger charge is -1.95. The molecule has 0 radical (unpaired) electrons. The average molecular weight is 301 g/mol. The Labute approximate surface area is 126 Å². The molecular weight excluding hydrogens is 286 g/mol. The summed E-state index contributed by atoms with van der Waals surface area (Å²) < 4.78 is 5.12. The minimum atomic E-state index is 0.246. The van der Waals surface area contributed by atoms with Gasteiger partial charge in [0.1, 0.15) is 10.0 Å². The second-order valence-corrected chi connectivity index (χ2v) is 5.90. The van der Waals surface area contributed by atoms with E-state index in [9.17, 15) is 0 Å². The van der Waals surface area contributed by atoms with Crippen LogP contribution in [0.5, 0.6) is 0 Å². The van der Waals surface area contributed by atoms with Crippen molar-refractivity contribution in [3.05, 3.63) is 41.2 Å². The molecule has 0 fully saturated rings. The highest BCUT2D eigenvalue weighted by molar-refractivity contribution is 7.14. The first-order chi connectivity index (χ1) is 10.2. The molecule has 2 aromatic heterocycles. The molecule has 0 atom stereocenters. The van der Waals surface area contributed by atoms with Gasteiger partial charge in [0.05, 0.1) is 6.54 Å². The van der Waals surface area contributed by atoms with Gasteiger partial charge in [-0.25, -0.2) is 0 Å². The maximum Gasteiger partial charge on any atom is 0.321 e. The van der Waals surface area contributed by atoms with Crippen LogP contribution in [0.15, 0.2) is 34.9 Å². The minimum absolute atomic E-state index is 0.246.